The summed E-state index contributed by atoms with van der Waals surface area (Å²) in [5.74, 6) is 0.431. The van der Waals surface area contributed by atoms with Crippen LogP contribution >= 0.6 is 0 Å². The number of imide groups is 1. The molecule has 2 bridgehead atoms. The van der Waals surface area contributed by atoms with Crippen LogP contribution in [0.2, 0.25) is 0 Å². The Bertz CT molecular complexity index is 1010. The van der Waals surface area contributed by atoms with Crippen molar-refractivity contribution >= 4 is 23.6 Å². The average molecular weight is 466 g/mol. The predicted molar refractivity (Wildman–Crippen MR) is 120 cm³/mol. The predicted octanol–water partition coefficient (Wildman–Crippen LogP) is 3.21. The fourth-order valence-electron chi connectivity index (χ4n) is 4.83. The van der Waals surface area contributed by atoms with E-state index < -0.39 is 6.09 Å². The van der Waals surface area contributed by atoms with Crippen LogP contribution in [0.25, 0.3) is 0 Å². The number of carbonyl (C=O) groups excluding carboxylic acids is 3. The Balaban J connectivity index is 0.976. The molecule has 178 valence electrons. The Kier molecular flexibility index (Phi) is 6.46. The van der Waals surface area contributed by atoms with E-state index in [-0.39, 0.29) is 62.2 Å². The Morgan fingerprint density at radius 1 is 0.882 bits per heavy atom. The minimum atomic E-state index is -0.603. The maximum Gasteiger partial charge on any atom is 0.411 e. The van der Waals surface area contributed by atoms with Gasteiger partial charge in [-0.1, -0.05) is 18.2 Å². The minimum Gasteiger partial charge on any atom is -0.457 e. The highest BCUT2D eigenvalue weighted by atomic mass is 16.6. The van der Waals surface area contributed by atoms with E-state index in [1.54, 1.807) is 24.3 Å². The van der Waals surface area contributed by atoms with Crippen LogP contribution < -0.4 is 10.1 Å². The fraction of sp³-hybridized carbons (Fsp3) is 0.400. The van der Waals surface area contributed by atoms with E-state index in [1.807, 2.05) is 30.3 Å². The van der Waals surface area contributed by atoms with Crippen LogP contribution in [-0.2, 0) is 23.8 Å². The summed E-state index contributed by atoms with van der Waals surface area (Å²) in [5.41, 5.74) is 0.570. The molecule has 3 fully saturated rings. The second-order valence-electron chi connectivity index (χ2n) is 8.48. The highest BCUT2D eigenvalue weighted by Crippen LogP contribution is 2.48. The monoisotopic (exact) mass is 466 g/mol. The molecule has 2 aromatic carbocycles. The van der Waals surface area contributed by atoms with Crippen molar-refractivity contribution in [1.82, 2.24) is 4.90 Å². The first-order chi connectivity index (χ1) is 16.6. The number of anilines is 1. The number of likely N-dealkylation sites (tertiary alicyclic amines) is 1. The van der Waals surface area contributed by atoms with Crippen molar-refractivity contribution in [3.63, 3.8) is 0 Å². The number of nitrogens with one attached hydrogen (secondary N) is 1. The normalized spacial score (nSPS) is 24.9. The molecule has 5 rings (SSSR count). The third kappa shape index (κ3) is 4.62. The third-order valence-electron chi connectivity index (χ3n) is 6.38. The van der Waals surface area contributed by atoms with Crippen molar-refractivity contribution in [2.45, 2.75) is 25.0 Å². The van der Waals surface area contributed by atoms with Crippen molar-refractivity contribution in [1.29, 1.82) is 0 Å². The van der Waals surface area contributed by atoms with Gasteiger partial charge in [0.25, 0.3) is 0 Å². The summed E-state index contributed by atoms with van der Waals surface area (Å²) in [4.78, 5) is 38.4. The van der Waals surface area contributed by atoms with Crippen molar-refractivity contribution in [3.05, 3.63) is 54.6 Å². The summed E-state index contributed by atoms with van der Waals surface area (Å²) in [6, 6.07) is 16.3. The van der Waals surface area contributed by atoms with Crippen LogP contribution in [0.15, 0.2) is 54.6 Å². The Labute approximate surface area is 196 Å². The van der Waals surface area contributed by atoms with E-state index in [9.17, 15) is 14.4 Å². The standard InChI is InChI=1S/C25H26N2O7/c28-23-21-19-10-11-20(34-19)22(21)24(29)27(23)12-13-31-14-15-32-25(30)26-16-6-8-18(9-7-16)33-17-4-2-1-3-5-17/h1-9,19-22H,10-15H2,(H,26,30). The lowest BCUT2D eigenvalue weighted by molar-refractivity contribution is -0.143. The molecule has 3 heterocycles. The molecule has 9 heteroatoms. The number of rotatable bonds is 9. The van der Waals surface area contributed by atoms with E-state index >= 15 is 0 Å². The van der Waals surface area contributed by atoms with Crippen molar-refractivity contribution in [2.75, 3.05) is 31.7 Å². The van der Waals surface area contributed by atoms with Gasteiger partial charge in [-0.2, -0.15) is 0 Å². The van der Waals surface area contributed by atoms with Crippen LogP contribution in [-0.4, -0.2) is 61.4 Å². The van der Waals surface area contributed by atoms with Gasteiger partial charge in [-0.05, 0) is 49.2 Å². The summed E-state index contributed by atoms with van der Waals surface area (Å²) < 4.78 is 22.0. The molecule has 3 aliphatic rings. The second-order valence-corrected chi connectivity index (χ2v) is 8.48. The van der Waals surface area contributed by atoms with Crippen LogP contribution in [0, 0.1) is 11.8 Å². The number of benzene rings is 2. The molecule has 1 N–H and O–H groups in total. The summed E-state index contributed by atoms with van der Waals surface area (Å²) in [6.45, 7) is 0.607. The van der Waals surface area contributed by atoms with Gasteiger partial charge in [-0.25, -0.2) is 4.79 Å². The lowest BCUT2D eigenvalue weighted by atomic mass is 9.81. The van der Waals surface area contributed by atoms with Gasteiger partial charge in [0.1, 0.15) is 18.1 Å². The molecule has 3 amide bonds. The van der Waals surface area contributed by atoms with E-state index in [1.165, 1.54) is 4.90 Å². The first-order valence-corrected chi connectivity index (χ1v) is 11.5. The molecule has 2 aromatic rings. The third-order valence-corrected chi connectivity index (χ3v) is 6.38. The fourth-order valence-corrected chi connectivity index (χ4v) is 4.83. The lowest BCUT2D eigenvalue weighted by Gasteiger charge is -2.17. The molecule has 34 heavy (non-hydrogen) atoms. The summed E-state index contributed by atoms with van der Waals surface area (Å²) in [6.07, 6.45) is 0.864. The van der Waals surface area contributed by atoms with Gasteiger partial charge in [0.15, 0.2) is 0 Å². The van der Waals surface area contributed by atoms with Gasteiger partial charge in [-0.3, -0.25) is 19.8 Å². The number of nitrogens with zero attached hydrogens (tertiary/aromatic N) is 1. The largest absolute Gasteiger partial charge is 0.457 e. The molecular weight excluding hydrogens is 440 g/mol. The SMILES string of the molecule is O=C(Nc1ccc(Oc2ccccc2)cc1)OCCOCCN1C(=O)C2C3CCC(O3)C2C1=O. The van der Waals surface area contributed by atoms with Gasteiger partial charge >= 0.3 is 6.09 Å². The zero-order valence-corrected chi connectivity index (χ0v) is 18.6. The number of amides is 3. The van der Waals surface area contributed by atoms with Gasteiger partial charge in [-0.15, -0.1) is 0 Å². The summed E-state index contributed by atoms with van der Waals surface area (Å²) in [7, 11) is 0. The molecular formula is C25H26N2O7. The molecule has 0 spiro atoms. The summed E-state index contributed by atoms with van der Waals surface area (Å²) in [5, 5.41) is 2.64. The van der Waals surface area contributed by atoms with Crippen LogP contribution in [0.5, 0.6) is 11.5 Å². The highest BCUT2D eigenvalue weighted by Gasteiger charge is 2.62. The maximum absolute atomic E-state index is 12.6. The molecule has 4 unspecified atom stereocenters. The van der Waals surface area contributed by atoms with Gasteiger partial charge in [0, 0.05) is 5.69 Å². The average Bonchev–Trinajstić information content (AvgIpc) is 3.53. The number of ether oxygens (including phenoxy) is 4. The van der Waals surface area contributed by atoms with Crippen molar-refractivity contribution in [2.24, 2.45) is 11.8 Å². The van der Waals surface area contributed by atoms with E-state index in [2.05, 4.69) is 5.32 Å². The van der Waals surface area contributed by atoms with E-state index in [0.29, 0.717) is 11.4 Å². The zero-order chi connectivity index (χ0) is 23.5. The van der Waals surface area contributed by atoms with Gasteiger partial charge in [0.05, 0.1) is 43.8 Å². The second kappa shape index (κ2) is 9.82. The number of hydrogen-bond acceptors (Lipinski definition) is 7. The number of hydrogen-bond donors (Lipinski definition) is 1. The molecule has 3 saturated heterocycles. The Hall–Kier alpha value is -3.43. The first kappa shape index (κ1) is 22.4. The van der Waals surface area contributed by atoms with Crippen LogP contribution in [0.4, 0.5) is 10.5 Å². The number of fused-ring (bicyclic) bond motifs is 5. The number of para-hydroxylation sites is 1. The maximum atomic E-state index is 12.6. The minimum absolute atomic E-state index is 0.0478. The molecule has 3 aliphatic heterocycles. The zero-order valence-electron chi connectivity index (χ0n) is 18.6. The van der Waals surface area contributed by atoms with Gasteiger partial charge < -0.3 is 18.9 Å². The van der Waals surface area contributed by atoms with Crippen LogP contribution in [0.3, 0.4) is 0 Å². The molecule has 0 radical (unpaired) electrons. The molecule has 0 aliphatic carbocycles. The van der Waals surface area contributed by atoms with Gasteiger partial charge in [0.2, 0.25) is 11.8 Å². The van der Waals surface area contributed by atoms with E-state index in [4.69, 9.17) is 18.9 Å². The van der Waals surface area contributed by atoms with Crippen molar-refractivity contribution in [3.8, 4) is 11.5 Å². The molecule has 0 aromatic heterocycles. The van der Waals surface area contributed by atoms with Crippen LogP contribution in [0.1, 0.15) is 12.8 Å². The Morgan fingerprint density at radius 3 is 2.21 bits per heavy atom. The molecule has 9 nitrogen and oxygen atoms in total. The summed E-state index contributed by atoms with van der Waals surface area (Å²) >= 11 is 0. The number of carbonyl (C=O) groups is 3. The smallest absolute Gasteiger partial charge is 0.411 e. The quantitative estimate of drug-likeness (QED) is 0.447. The molecule has 0 saturated carbocycles. The lowest BCUT2D eigenvalue weighted by Crippen LogP contribution is -2.37. The Morgan fingerprint density at radius 2 is 1.53 bits per heavy atom. The topological polar surface area (TPSA) is 103 Å². The highest BCUT2D eigenvalue weighted by molar-refractivity contribution is 6.06. The first-order valence-electron chi connectivity index (χ1n) is 11.5. The van der Waals surface area contributed by atoms with E-state index in [0.717, 1.165) is 18.6 Å². The molecule has 4 atom stereocenters. The van der Waals surface area contributed by atoms with Crippen molar-refractivity contribution < 1.29 is 33.3 Å².